The van der Waals surface area contributed by atoms with Crippen molar-refractivity contribution >= 4 is 27.5 Å². The lowest BCUT2D eigenvalue weighted by molar-refractivity contribution is 0.0939. The topological polar surface area (TPSA) is 84.9 Å². The summed E-state index contributed by atoms with van der Waals surface area (Å²) in [6.45, 7) is 2.77. The molecule has 9 heteroatoms. The smallest absolute Gasteiger partial charge is 0.253 e. The van der Waals surface area contributed by atoms with Crippen LogP contribution in [-0.4, -0.2) is 45.9 Å². The van der Waals surface area contributed by atoms with Crippen LogP contribution in [0.15, 0.2) is 41.3 Å². The minimum atomic E-state index is -3.65. The van der Waals surface area contributed by atoms with Gasteiger partial charge in [-0.15, -0.1) is 0 Å². The molecule has 0 aromatic heterocycles. The third-order valence-electron chi connectivity index (χ3n) is 5.14. The molecule has 1 aliphatic heterocycles. The van der Waals surface area contributed by atoms with Crippen LogP contribution in [0.2, 0.25) is 5.02 Å². The second-order valence-electron chi connectivity index (χ2n) is 7.06. The summed E-state index contributed by atoms with van der Waals surface area (Å²) in [5, 5.41) is 3.04. The average molecular weight is 453 g/mol. The summed E-state index contributed by atoms with van der Waals surface area (Å²) in [4.78, 5) is 13.0. The highest BCUT2D eigenvalue weighted by atomic mass is 35.5. The van der Waals surface area contributed by atoms with Crippen molar-refractivity contribution < 1.29 is 22.7 Å². The molecule has 1 fully saturated rings. The molecule has 0 saturated carbocycles. The minimum Gasteiger partial charge on any atom is -0.497 e. The molecule has 0 spiro atoms. The Morgan fingerprint density at radius 1 is 1.10 bits per heavy atom. The van der Waals surface area contributed by atoms with Crippen molar-refractivity contribution in [2.24, 2.45) is 0 Å². The summed E-state index contributed by atoms with van der Waals surface area (Å²) in [6, 6.07) is 9.07. The summed E-state index contributed by atoms with van der Waals surface area (Å²) < 4.78 is 37.7. The highest BCUT2D eigenvalue weighted by Gasteiger charge is 2.28. The molecule has 1 atom stereocenters. The van der Waals surface area contributed by atoms with Gasteiger partial charge in [-0.05, 0) is 56.2 Å². The summed E-state index contributed by atoms with van der Waals surface area (Å²) in [5.41, 5.74) is 0.827. The van der Waals surface area contributed by atoms with E-state index in [-0.39, 0.29) is 15.5 Å². The number of methoxy groups -OCH3 is 2. The Morgan fingerprint density at radius 2 is 1.80 bits per heavy atom. The molecule has 0 bridgehead atoms. The second-order valence-corrected chi connectivity index (χ2v) is 9.40. The maximum atomic E-state index is 12.9. The van der Waals surface area contributed by atoms with E-state index in [1.807, 2.05) is 0 Å². The number of amides is 1. The fraction of sp³-hybridized carbons (Fsp3) is 0.381. The van der Waals surface area contributed by atoms with Crippen molar-refractivity contribution in [1.82, 2.24) is 9.62 Å². The van der Waals surface area contributed by atoms with Crippen molar-refractivity contribution in [2.75, 3.05) is 27.3 Å². The summed E-state index contributed by atoms with van der Waals surface area (Å²) in [5.74, 6) is 0.750. The number of rotatable bonds is 7. The average Bonchev–Trinajstić information content (AvgIpc) is 3.29. The first-order chi connectivity index (χ1) is 14.3. The Bertz CT molecular complexity index is 1040. The Kier molecular flexibility index (Phi) is 6.90. The molecule has 30 heavy (non-hydrogen) atoms. The highest BCUT2D eigenvalue weighted by Crippen LogP contribution is 2.30. The van der Waals surface area contributed by atoms with E-state index in [0.717, 1.165) is 18.4 Å². The number of halogens is 1. The van der Waals surface area contributed by atoms with Gasteiger partial charge in [-0.2, -0.15) is 4.31 Å². The molecule has 1 saturated heterocycles. The van der Waals surface area contributed by atoms with Crippen LogP contribution in [0, 0.1) is 0 Å². The number of nitrogens with one attached hydrogen (secondary N) is 1. The SMILES string of the molecule is COc1ccc(OC)c([C@H](C)NC(=O)c2cc(S(=O)(=O)N3CCCC3)ccc2Cl)c1. The number of carbonyl (C=O) groups excluding carboxylic acids is 1. The van der Waals surface area contributed by atoms with Crippen LogP contribution >= 0.6 is 11.6 Å². The molecule has 3 rings (SSSR count). The monoisotopic (exact) mass is 452 g/mol. The van der Waals surface area contributed by atoms with Gasteiger partial charge in [-0.25, -0.2) is 8.42 Å². The molecule has 1 amide bonds. The van der Waals surface area contributed by atoms with Gasteiger partial charge in [-0.3, -0.25) is 4.79 Å². The van der Waals surface area contributed by atoms with Gasteiger partial charge in [0.2, 0.25) is 10.0 Å². The first kappa shape index (κ1) is 22.4. The zero-order chi connectivity index (χ0) is 21.9. The number of hydrogen-bond acceptors (Lipinski definition) is 5. The Hall–Kier alpha value is -2.29. The molecule has 1 N–H and O–H groups in total. The lowest BCUT2D eigenvalue weighted by Crippen LogP contribution is -2.29. The van der Waals surface area contributed by atoms with Crippen molar-refractivity contribution in [2.45, 2.75) is 30.7 Å². The summed E-state index contributed by atoms with van der Waals surface area (Å²) in [7, 11) is -0.552. The first-order valence-electron chi connectivity index (χ1n) is 9.60. The van der Waals surface area contributed by atoms with Crippen molar-refractivity contribution in [3.05, 3.63) is 52.5 Å². The van der Waals surface area contributed by atoms with Gasteiger partial charge in [0.25, 0.3) is 5.91 Å². The molecule has 1 heterocycles. The van der Waals surface area contributed by atoms with Crippen LogP contribution in [0.1, 0.15) is 41.7 Å². The van der Waals surface area contributed by atoms with Crippen molar-refractivity contribution in [3.63, 3.8) is 0 Å². The third-order valence-corrected chi connectivity index (χ3v) is 7.36. The zero-order valence-electron chi connectivity index (χ0n) is 17.1. The molecular weight excluding hydrogens is 428 g/mol. The maximum Gasteiger partial charge on any atom is 0.253 e. The van der Waals surface area contributed by atoms with Crippen LogP contribution in [0.3, 0.4) is 0 Å². The summed E-state index contributed by atoms with van der Waals surface area (Å²) >= 11 is 6.22. The fourth-order valence-electron chi connectivity index (χ4n) is 3.45. The first-order valence-corrected chi connectivity index (χ1v) is 11.4. The van der Waals surface area contributed by atoms with Crippen LogP contribution in [0.5, 0.6) is 11.5 Å². The van der Waals surface area contributed by atoms with E-state index in [0.29, 0.717) is 24.6 Å². The van der Waals surface area contributed by atoms with Gasteiger partial charge in [0.1, 0.15) is 11.5 Å². The molecule has 0 radical (unpaired) electrons. The Labute approximate surface area is 182 Å². The number of sulfonamides is 1. The Balaban J connectivity index is 1.87. The van der Waals surface area contributed by atoms with Gasteiger partial charge >= 0.3 is 0 Å². The van der Waals surface area contributed by atoms with Crippen LogP contribution in [0.4, 0.5) is 0 Å². The molecular formula is C21H25ClN2O5S. The van der Waals surface area contributed by atoms with E-state index in [1.54, 1.807) is 39.3 Å². The van der Waals surface area contributed by atoms with Gasteiger partial charge in [0.15, 0.2) is 0 Å². The van der Waals surface area contributed by atoms with Gasteiger partial charge in [0.05, 0.1) is 35.7 Å². The lowest BCUT2D eigenvalue weighted by Gasteiger charge is -2.19. The lowest BCUT2D eigenvalue weighted by atomic mass is 10.1. The van der Waals surface area contributed by atoms with Crippen molar-refractivity contribution in [3.8, 4) is 11.5 Å². The van der Waals surface area contributed by atoms with Gasteiger partial charge in [0, 0.05) is 18.7 Å². The van der Waals surface area contributed by atoms with E-state index in [2.05, 4.69) is 5.32 Å². The normalized spacial score (nSPS) is 15.6. The standard InChI is InChI=1S/C21H25ClN2O5S/c1-14(17-12-15(28-2)6-9-20(17)29-3)23-21(25)18-13-16(7-8-19(18)22)30(26,27)24-10-4-5-11-24/h6-9,12-14H,4-5,10-11H2,1-3H3,(H,23,25)/t14-/m0/s1. The highest BCUT2D eigenvalue weighted by molar-refractivity contribution is 7.89. The molecule has 162 valence electrons. The van der Waals surface area contributed by atoms with E-state index >= 15 is 0 Å². The third kappa shape index (κ3) is 4.55. The number of nitrogens with zero attached hydrogens (tertiary/aromatic N) is 1. The minimum absolute atomic E-state index is 0.0607. The van der Waals surface area contributed by atoms with Gasteiger partial charge < -0.3 is 14.8 Å². The molecule has 2 aromatic rings. The number of ether oxygens (including phenoxy) is 2. The quantitative estimate of drug-likeness (QED) is 0.693. The van der Waals surface area contributed by atoms with Crippen molar-refractivity contribution in [1.29, 1.82) is 0 Å². The van der Waals surface area contributed by atoms with E-state index in [1.165, 1.54) is 22.5 Å². The molecule has 0 unspecified atom stereocenters. The Morgan fingerprint density at radius 3 is 2.43 bits per heavy atom. The van der Waals surface area contributed by atoms with Crippen LogP contribution in [0.25, 0.3) is 0 Å². The van der Waals surface area contributed by atoms with E-state index < -0.39 is 22.0 Å². The second kappa shape index (κ2) is 9.24. The predicted molar refractivity (Wildman–Crippen MR) is 115 cm³/mol. The predicted octanol–water partition coefficient (Wildman–Crippen LogP) is 3.63. The number of benzene rings is 2. The van der Waals surface area contributed by atoms with E-state index in [4.69, 9.17) is 21.1 Å². The molecule has 7 nitrogen and oxygen atoms in total. The molecule has 1 aliphatic rings. The molecule has 2 aromatic carbocycles. The van der Waals surface area contributed by atoms with Crippen LogP contribution < -0.4 is 14.8 Å². The zero-order valence-corrected chi connectivity index (χ0v) is 18.7. The van der Waals surface area contributed by atoms with Gasteiger partial charge in [-0.1, -0.05) is 11.6 Å². The number of hydrogen-bond donors (Lipinski definition) is 1. The van der Waals surface area contributed by atoms with E-state index in [9.17, 15) is 13.2 Å². The fourth-order valence-corrected chi connectivity index (χ4v) is 5.19. The number of carbonyl (C=O) groups is 1. The largest absolute Gasteiger partial charge is 0.497 e. The van der Waals surface area contributed by atoms with Crippen LogP contribution in [-0.2, 0) is 10.0 Å². The molecule has 0 aliphatic carbocycles. The summed E-state index contributed by atoms with van der Waals surface area (Å²) in [6.07, 6.45) is 1.67. The maximum absolute atomic E-state index is 12.9.